The third-order valence-corrected chi connectivity index (χ3v) is 4.15. The van der Waals surface area contributed by atoms with Crippen molar-refractivity contribution in [3.05, 3.63) is 0 Å². The molecule has 116 valence electrons. The van der Waals surface area contributed by atoms with Crippen molar-refractivity contribution in [1.82, 2.24) is 5.32 Å². The van der Waals surface area contributed by atoms with Gasteiger partial charge in [-0.05, 0) is 38.1 Å². The summed E-state index contributed by atoms with van der Waals surface area (Å²) in [7, 11) is 0. The molecule has 0 bridgehead atoms. The number of carbonyl (C=O) groups excluding carboxylic acids is 1. The third-order valence-electron chi connectivity index (χ3n) is 4.15. The van der Waals surface area contributed by atoms with Crippen LogP contribution in [0.2, 0.25) is 0 Å². The molecule has 0 aromatic heterocycles. The maximum atomic E-state index is 11.7. The van der Waals surface area contributed by atoms with Crippen LogP contribution < -0.4 is 11.1 Å². The molecule has 0 aromatic rings. The molecule has 1 aliphatic rings. The predicted molar refractivity (Wildman–Crippen MR) is 78.2 cm³/mol. The second kappa shape index (κ2) is 9.75. The van der Waals surface area contributed by atoms with Gasteiger partial charge in [0.1, 0.15) is 0 Å². The molecule has 20 heavy (non-hydrogen) atoms. The van der Waals surface area contributed by atoms with Crippen LogP contribution in [0.1, 0.15) is 57.8 Å². The monoisotopic (exact) mass is 284 g/mol. The molecular formula is C15H28N2O3. The van der Waals surface area contributed by atoms with E-state index in [2.05, 4.69) is 5.32 Å². The van der Waals surface area contributed by atoms with Crippen LogP contribution >= 0.6 is 0 Å². The lowest BCUT2D eigenvalue weighted by Gasteiger charge is -2.28. The molecule has 1 fully saturated rings. The summed E-state index contributed by atoms with van der Waals surface area (Å²) in [5.74, 6) is -0.853. The number of nitrogens with two attached hydrogens (primary N) is 1. The molecule has 1 aliphatic carbocycles. The lowest BCUT2D eigenvalue weighted by atomic mass is 9.79. The second-order valence-corrected chi connectivity index (χ2v) is 5.75. The van der Waals surface area contributed by atoms with Crippen molar-refractivity contribution in [3.8, 4) is 0 Å². The van der Waals surface area contributed by atoms with E-state index in [1.807, 2.05) is 0 Å². The van der Waals surface area contributed by atoms with Gasteiger partial charge in [-0.1, -0.05) is 25.7 Å². The van der Waals surface area contributed by atoms with E-state index in [-0.39, 0.29) is 17.7 Å². The number of hydrogen-bond acceptors (Lipinski definition) is 3. The van der Waals surface area contributed by atoms with E-state index < -0.39 is 5.97 Å². The first-order chi connectivity index (χ1) is 9.65. The number of carbonyl (C=O) groups is 2. The van der Waals surface area contributed by atoms with Crippen molar-refractivity contribution in [3.63, 3.8) is 0 Å². The highest BCUT2D eigenvalue weighted by Crippen LogP contribution is 2.29. The Morgan fingerprint density at radius 2 is 1.80 bits per heavy atom. The average Bonchev–Trinajstić information content (AvgIpc) is 2.45. The zero-order chi connectivity index (χ0) is 14.8. The Hall–Kier alpha value is -1.10. The summed E-state index contributed by atoms with van der Waals surface area (Å²) in [5.41, 5.74) is 5.41. The molecule has 0 radical (unpaired) electrons. The smallest absolute Gasteiger partial charge is 0.306 e. The van der Waals surface area contributed by atoms with E-state index in [9.17, 15) is 14.7 Å². The summed E-state index contributed by atoms with van der Waals surface area (Å²) in [6, 6.07) is 0. The number of aliphatic carboxylic acids is 1. The van der Waals surface area contributed by atoms with Crippen LogP contribution in [0.4, 0.5) is 0 Å². The van der Waals surface area contributed by atoms with Crippen LogP contribution in [0.3, 0.4) is 0 Å². The lowest BCUT2D eigenvalue weighted by Crippen LogP contribution is -2.37. The molecule has 2 atom stereocenters. The summed E-state index contributed by atoms with van der Waals surface area (Å²) in [4.78, 5) is 22.9. The van der Waals surface area contributed by atoms with Gasteiger partial charge in [0.25, 0.3) is 0 Å². The first-order valence-electron chi connectivity index (χ1n) is 7.84. The van der Waals surface area contributed by atoms with Crippen molar-refractivity contribution in [2.45, 2.75) is 57.8 Å². The van der Waals surface area contributed by atoms with Gasteiger partial charge < -0.3 is 16.2 Å². The minimum absolute atomic E-state index is 0.0486. The first-order valence-corrected chi connectivity index (χ1v) is 7.84. The fraction of sp³-hybridized carbons (Fsp3) is 0.867. The highest BCUT2D eigenvalue weighted by Gasteiger charge is 2.30. The molecule has 0 spiro atoms. The minimum Gasteiger partial charge on any atom is -0.481 e. The number of unbranched alkanes of at least 4 members (excludes halogenated alkanes) is 3. The van der Waals surface area contributed by atoms with E-state index in [1.54, 1.807) is 0 Å². The average molecular weight is 284 g/mol. The van der Waals surface area contributed by atoms with Crippen molar-refractivity contribution in [1.29, 1.82) is 0 Å². The van der Waals surface area contributed by atoms with E-state index in [0.717, 1.165) is 51.4 Å². The third kappa shape index (κ3) is 6.37. The zero-order valence-corrected chi connectivity index (χ0v) is 12.3. The SMILES string of the molecule is NCCCCCCC(=O)NCC1CCCCC1C(=O)O. The Morgan fingerprint density at radius 1 is 1.10 bits per heavy atom. The molecule has 0 aromatic carbocycles. The van der Waals surface area contributed by atoms with E-state index >= 15 is 0 Å². The van der Waals surface area contributed by atoms with Gasteiger partial charge in [-0.3, -0.25) is 9.59 Å². The van der Waals surface area contributed by atoms with Gasteiger partial charge in [0.05, 0.1) is 5.92 Å². The Morgan fingerprint density at radius 3 is 2.50 bits per heavy atom. The fourth-order valence-corrected chi connectivity index (χ4v) is 2.89. The fourth-order valence-electron chi connectivity index (χ4n) is 2.89. The van der Waals surface area contributed by atoms with Crippen molar-refractivity contribution in [2.75, 3.05) is 13.1 Å². The zero-order valence-electron chi connectivity index (χ0n) is 12.3. The van der Waals surface area contributed by atoms with Crippen LogP contribution in [0, 0.1) is 11.8 Å². The standard InChI is InChI=1S/C15H28N2O3/c16-10-6-2-1-3-9-14(18)17-11-12-7-4-5-8-13(12)15(19)20/h12-13H,1-11,16H2,(H,17,18)(H,19,20). The quantitative estimate of drug-likeness (QED) is 0.564. The van der Waals surface area contributed by atoms with E-state index in [1.165, 1.54) is 0 Å². The summed E-state index contributed by atoms with van der Waals surface area (Å²) >= 11 is 0. The van der Waals surface area contributed by atoms with Gasteiger partial charge in [-0.2, -0.15) is 0 Å². The maximum Gasteiger partial charge on any atom is 0.306 e. The van der Waals surface area contributed by atoms with Gasteiger partial charge in [-0.15, -0.1) is 0 Å². The first kappa shape index (κ1) is 17.0. The maximum absolute atomic E-state index is 11.7. The Kier molecular flexibility index (Phi) is 8.26. The largest absolute Gasteiger partial charge is 0.481 e. The van der Waals surface area contributed by atoms with E-state index in [0.29, 0.717) is 19.5 Å². The Balaban J connectivity index is 2.17. The molecule has 1 rings (SSSR count). The van der Waals surface area contributed by atoms with Gasteiger partial charge in [0.2, 0.25) is 5.91 Å². The molecular weight excluding hydrogens is 256 g/mol. The van der Waals surface area contributed by atoms with Crippen LogP contribution in [-0.2, 0) is 9.59 Å². The van der Waals surface area contributed by atoms with Crippen molar-refractivity contribution >= 4 is 11.9 Å². The number of carboxylic acids is 1. The molecule has 2 unspecified atom stereocenters. The number of rotatable bonds is 9. The second-order valence-electron chi connectivity index (χ2n) is 5.75. The highest BCUT2D eigenvalue weighted by molar-refractivity contribution is 5.76. The highest BCUT2D eigenvalue weighted by atomic mass is 16.4. The Bertz CT molecular complexity index is 307. The normalized spacial score (nSPS) is 22.4. The summed E-state index contributed by atoms with van der Waals surface area (Å²) in [5, 5.41) is 12.1. The van der Waals surface area contributed by atoms with Gasteiger partial charge in [0.15, 0.2) is 0 Å². The molecule has 1 saturated carbocycles. The van der Waals surface area contributed by atoms with E-state index in [4.69, 9.17) is 5.73 Å². The van der Waals surface area contributed by atoms with Crippen LogP contribution in [-0.4, -0.2) is 30.1 Å². The predicted octanol–water partition coefficient (Wildman–Crippen LogP) is 1.90. The minimum atomic E-state index is -0.717. The Labute approximate surface area is 121 Å². The summed E-state index contributed by atoms with van der Waals surface area (Å²) < 4.78 is 0. The van der Waals surface area contributed by atoms with Gasteiger partial charge in [0, 0.05) is 13.0 Å². The topological polar surface area (TPSA) is 92.4 Å². The molecule has 0 saturated heterocycles. The number of hydrogen-bond donors (Lipinski definition) is 3. The van der Waals surface area contributed by atoms with Crippen molar-refractivity contribution < 1.29 is 14.7 Å². The number of nitrogens with one attached hydrogen (secondary N) is 1. The lowest BCUT2D eigenvalue weighted by molar-refractivity contribution is -0.145. The molecule has 5 heteroatoms. The molecule has 1 amide bonds. The molecule has 0 aliphatic heterocycles. The van der Waals surface area contributed by atoms with Crippen LogP contribution in [0.5, 0.6) is 0 Å². The van der Waals surface area contributed by atoms with Crippen molar-refractivity contribution in [2.24, 2.45) is 17.6 Å². The summed E-state index contributed by atoms with van der Waals surface area (Å²) in [6.07, 6.45) is 8.27. The summed E-state index contributed by atoms with van der Waals surface area (Å²) in [6.45, 7) is 1.23. The van der Waals surface area contributed by atoms with Crippen LogP contribution in [0.15, 0.2) is 0 Å². The van der Waals surface area contributed by atoms with Gasteiger partial charge >= 0.3 is 5.97 Å². The molecule has 0 heterocycles. The molecule has 5 nitrogen and oxygen atoms in total. The molecule has 4 N–H and O–H groups in total. The van der Waals surface area contributed by atoms with Gasteiger partial charge in [-0.25, -0.2) is 0 Å². The van der Waals surface area contributed by atoms with Crippen LogP contribution in [0.25, 0.3) is 0 Å². The number of carboxylic acid groups (broad SMARTS) is 1. The number of amides is 1.